The Kier molecular flexibility index (Phi) is 4.17. The van der Waals surface area contributed by atoms with Crippen LogP contribution >= 0.6 is 0 Å². The summed E-state index contributed by atoms with van der Waals surface area (Å²) >= 11 is 0. The van der Waals surface area contributed by atoms with Crippen LogP contribution in [0.5, 0.6) is 17.4 Å². The third-order valence-electron chi connectivity index (χ3n) is 5.52. The number of hydrogen-bond acceptors (Lipinski definition) is 6. The maximum absolute atomic E-state index is 10.4. The minimum atomic E-state index is -0.185. The minimum Gasteiger partial charge on any atom is -0.502 e. The molecular weight excluding hydrogens is 330 g/mol. The molecule has 0 saturated heterocycles. The van der Waals surface area contributed by atoms with Crippen LogP contribution in [0.4, 0.5) is 0 Å². The standard InChI is InChI=1S/C20H21N3O3/c1-22-10-12-8-13-16-19(17(24)14(9-21)23-20(16)25-2)26-18(13)15(12)11-6-4-3-5-7-11/h3-7,12-13,15,18,22,24H,8,10H2,1-2H3. The highest BCUT2D eigenvalue weighted by molar-refractivity contribution is 5.61. The van der Waals surface area contributed by atoms with Crippen LogP contribution in [-0.2, 0) is 0 Å². The van der Waals surface area contributed by atoms with Crippen LogP contribution in [0.1, 0.15) is 35.1 Å². The van der Waals surface area contributed by atoms with Crippen molar-refractivity contribution in [3.05, 3.63) is 47.2 Å². The molecule has 0 spiro atoms. The fourth-order valence-electron chi connectivity index (χ4n) is 4.54. The Labute approximate surface area is 152 Å². The second-order valence-corrected chi connectivity index (χ2v) is 6.85. The highest BCUT2D eigenvalue weighted by atomic mass is 16.5. The van der Waals surface area contributed by atoms with Crippen molar-refractivity contribution in [2.24, 2.45) is 5.92 Å². The van der Waals surface area contributed by atoms with E-state index in [1.54, 1.807) is 0 Å². The predicted molar refractivity (Wildman–Crippen MR) is 95.5 cm³/mol. The summed E-state index contributed by atoms with van der Waals surface area (Å²) in [4.78, 5) is 4.18. The molecule has 0 amide bonds. The Balaban J connectivity index is 1.81. The summed E-state index contributed by atoms with van der Waals surface area (Å²) in [5, 5.41) is 22.9. The van der Waals surface area contributed by atoms with Gasteiger partial charge in [-0.05, 0) is 31.5 Å². The van der Waals surface area contributed by atoms with Crippen LogP contribution in [0.3, 0.4) is 0 Å². The Morgan fingerprint density at radius 3 is 2.81 bits per heavy atom. The minimum absolute atomic E-state index is 0.0661. The van der Waals surface area contributed by atoms with E-state index in [0.29, 0.717) is 17.5 Å². The van der Waals surface area contributed by atoms with E-state index >= 15 is 0 Å². The number of ether oxygens (including phenoxy) is 2. The van der Waals surface area contributed by atoms with Gasteiger partial charge < -0.3 is 19.9 Å². The molecule has 6 heteroatoms. The normalized spacial score (nSPS) is 25.9. The number of nitrogens with zero attached hydrogens (tertiary/aromatic N) is 2. The molecule has 0 bridgehead atoms. The highest BCUT2D eigenvalue weighted by Gasteiger charge is 2.52. The zero-order chi connectivity index (χ0) is 18.3. The van der Waals surface area contributed by atoms with Gasteiger partial charge in [-0.3, -0.25) is 0 Å². The first-order chi connectivity index (χ1) is 12.7. The molecule has 2 heterocycles. The summed E-state index contributed by atoms with van der Waals surface area (Å²) in [7, 11) is 3.49. The number of rotatable bonds is 4. The monoisotopic (exact) mass is 351 g/mol. The number of nitrogens with one attached hydrogen (secondary N) is 1. The van der Waals surface area contributed by atoms with E-state index in [4.69, 9.17) is 9.47 Å². The lowest BCUT2D eigenvalue weighted by atomic mass is 9.87. The number of benzene rings is 1. The van der Waals surface area contributed by atoms with Crippen LogP contribution in [-0.4, -0.2) is 36.9 Å². The van der Waals surface area contributed by atoms with Gasteiger partial charge in [-0.25, -0.2) is 0 Å². The van der Waals surface area contributed by atoms with Crippen LogP contribution in [0.25, 0.3) is 0 Å². The van der Waals surface area contributed by atoms with Crippen molar-refractivity contribution in [3.63, 3.8) is 0 Å². The molecule has 6 nitrogen and oxygen atoms in total. The zero-order valence-electron chi connectivity index (χ0n) is 14.8. The lowest BCUT2D eigenvalue weighted by molar-refractivity contribution is 0.188. The number of pyridine rings is 1. The van der Waals surface area contributed by atoms with Gasteiger partial charge in [0.1, 0.15) is 12.2 Å². The number of nitriles is 1. The first kappa shape index (κ1) is 16.7. The summed E-state index contributed by atoms with van der Waals surface area (Å²) in [5.41, 5.74) is 1.94. The summed E-state index contributed by atoms with van der Waals surface area (Å²) in [6.45, 7) is 0.878. The van der Waals surface area contributed by atoms with E-state index < -0.39 is 0 Å². The molecule has 1 aromatic heterocycles. The van der Waals surface area contributed by atoms with Crippen molar-refractivity contribution in [3.8, 4) is 23.4 Å². The largest absolute Gasteiger partial charge is 0.502 e. The van der Waals surface area contributed by atoms with Gasteiger partial charge in [0.05, 0.1) is 12.7 Å². The Morgan fingerprint density at radius 1 is 1.38 bits per heavy atom. The molecule has 2 aliphatic rings. The molecule has 2 aromatic rings. The predicted octanol–water partition coefficient (Wildman–Crippen LogP) is 2.54. The number of fused-ring (bicyclic) bond motifs is 3. The molecule has 1 aliphatic heterocycles. The lowest BCUT2D eigenvalue weighted by Crippen LogP contribution is -2.27. The van der Waals surface area contributed by atoms with Crippen molar-refractivity contribution in [2.75, 3.05) is 20.7 Å². The lowest BCUT2D eigenvalue weighted by Gasteiger charge is -2.24. The first-order valence-corrected chi connectivity index (χ1v) is 8.76. The third kappa shape index (κ3) is 2.39. The zero-order valence-corrected chi connectivity index (χ0v) is 14.8. The van der Waals surface area contributed by atoms with Gasteiger partial charge in [-0.15, -0.1) is 0 Å². The Bertz CT molecular complexity index is 863. The second kappa shape index (κ2) is 6.50. The van der Waals surface area contributed by atoms with Crippen LogP contribution in [0, 0.1) is 17.2 Å². The maximum atomic E-state index is 10.4. The van der Waals surface area contributed by atoms with E-state index in [0.717, 1.165) is 18.5 Å². The van der Waals surface area contributed by atoms with Crippen molar-refractivity contribution in [1.29, 1.82) is 5.26 Å². The maximum Gasteiger partial charge on any atom is 0.222 e. The second-order valence-electron chi connectivity index (χ2n) is 6.85. The average molecular weight is 351 g/mol. The highest BCUT2D eigenvalue weighted by Crippen LogP contribution is 2.59. The molecule has 0 radical (unpaired) electrons. The van der Waals surface area contributed by atoms with Gasteiger partial charge >= 0.3 is 0 Å². The first-order valence-electron chi connectivity index (χ1n) is 8.76. The summed E-state index contributed by atoms with van der Waals surface area (Å²) in [6.07, 6.45) is 0.794. The third-order valence-corrected chi connectivity index (χ3v) is 5.52. The number of methoxy groups -OCH3 is 1. The molecule has 4 atom stereocenters. The molecule has 4 unspecified atom stereocenters. The van der Waals surface area contributed by atoms with Crippen molar-refractivity contribution in [1.82, 2.24) is 10.3 Å². The van der Waals surface area contributed by atoms with Crippen LogP contribution < -0.4 is 14.8 Å². The molecule has 1 saturated carbocycles. The van der Waals surface area contributed by atoms with Gasteiger partial charge in [0.15, 0.2) is 17.2 Å². The molecule has 1 fully saturated rings. The Morgan fingerprint density at radius 2 is 2.15 bits per heavy atom. The SMILES string of the molecule is CNCC1CC2c3c(OC)nc(C#N)c(O)c3OC2C1c1ccccc1. The fraction of sp³-hybridized carbons (Fsp3) is 0.400. The van der Waals surface area contributed by atoms with Crippen molar-refractivity contribution in [2.45, 2.75) is 24.4 Å². The molecule has 4 rings (SSSR count). The quantitative estimate of drug-likeness (QED) is 0.880. The summed E-state index contributed by atoms with van der Waals surface area (Å²) in [6, 6.07) is 12.2. The van der Waals surface area contributed by atoms with Gasteiger partial charge in [-0.1, -0.05) is 30.3 Å². The molecule has 134 valence electrons. The van der Waals surface area contributed by atoms with Crippen molar-refractivity contribution >= 4 is 0 Å². The average Bonchev–Trinajstić information content (AvgIpc) is 3.19. The number of aromatic nitrogens is 1. The summed E-state index contributed by atoms with van der Waals surface area (Å²) in [5.74, 6) is 1.21. The van der Waals surface area contributed by atoms with Gasteiger partial charge in [-0.2, -0.15) is 10.2 Å². The van der Waals surface area contributed by atoms with Gasteiger partial charge in [0.25, 0.3) is 0 Å². The van der Waals surface area contributed by atoms with Gasteiger partial charge in [0, 0.05) is 11.8 Å². The molecular formula is C20H21N3O3. The van der Waals surface area contributed by atoms with Gasteiger partial charge in [0.2, 0.25) is 5.88 Å². The molecule has 1 aromatic carbocycles. The topological polar surface area (TPSA) is 87.4 Å². The van der Waals surface area contributed by atoms with E-state index in [9.17, 15) is 10.4 Å². The molecule has 26 heavy (non-hydrogen) atoms. The number of aromatic hydroxyl groups is 1. The Hall–Kier alpha value is -2.78. The number of hydrogen-bond donors (Lipinski definition) is 2. The van der Waals surface area contributed by atoms with Crippen LogP contribution in [0.15, 0.2) is 30.3 Å². The smallest absolute Gasteiger partial charge is 0.222 e. The van der Waals surface area contributed by atoms with E-state index in [-0.39, 0.29) is 29.4 Å². The van der Waals surface area contributed by atoms with E-state index in [1.165, 1.54) is 12.7 Å². The van der Waals surface area contributed by atoms with E-state index in [1.807, 2.05) is 31.3 Å². The van der Waals surface area contributed by atoms with Crippen molar-refractivity contribution < 1.29 is 14.6 Å². The molecule has 2 N–H and O–H groups in total. The van der Waals surface area contributed by atoms with Crippen LogP contribution in [0.2, 0.25) is 0 Å². The van der Waals surface area contributed by atoms with E-state index in [2.05, 4.69) is 22.4 Å². The fourth-order valence-corrected chi connectivity index (χ4v) is 4.54. The summed E-state index contributed by atoms with van der Waals surface area (Å²) < 4.78 is 11.7. The molecule has 1 aliphatic carbocycles.